The third-order valence-electron chi connectivity index (χ3n) is 3.46. The monoisotopic (exact) mass is 292 g/mol. The molecule has 112 valence electrons. The molecule has 0 aromatic rings. The van der Waals surface area contributed by atoms with E-state index < -0.39 is 10.2 Å². The van der Waals surface area contributed by atoms with Gasteiger partial charge in [-0.3, -0.25) is 0 Å². The van der Waals surface area contributed by atoms with Crippen LogP contribution in [0.3, 0.4) is 0 Å². The number of morpholine rings is 1. The Kier molecular flexibility index (Phi) is 5.99. The van der Waals surface area contributed by atoms with Crippen LogP contribution in [0.15, 0.2) is 0 Å². The lowest BCUT2D eigenvalue weighted by Crippen LogP contribution is -2.47. The first kappa shape index (κ1) is 15.1. The van der Waals surface area contributed by atoms with Gasteiger partial charge in [0.05, 0.1) is 13.2 Å². The first-order chi connectivity index (χ1) is 9.18. The topological polar surface area (TPSA) is 73.9 Å². The summed E-state index contributed by atoms with van der Waals surface area (Å²) >= 11 is 0. The molecule has 2 aliphatic rings. The van der Waals surface area contributed by atoms with Crippen molar-refractivity contribution in [1.29, 1.82) is 0 Å². The van der Waals surface area contributed by atoms with E-state index in [-0.39, 0.29) is 0 Å². The maximum atomic E-state index is 12.0. The zero-order chi connectivity index (χ0) is 13.6. The number of rotatable bonds is 6. The molecule has 7 nitrogen and oxygen atoms in total. The molecule has 0 atom stereocenters. The normalized spacial score (nSPS) is 23.6. The molecule has 2 saturated heterocycles. The summed E-state index contributed by atoms with van der Waals surface area (Å²) in [6, 6.07) is 0. The molecule has 2 rings (SSSR count). The van der Waals surface area contributed by atoms with E-state index in [1.807, 2.05) is 0 Å². The number of nitrogens with one attached hydrogen (secondary N) is 2. The van der Waals surface area contributed by atoms with E-state index >= 15 is 0 Å². The standard InChI is InChI=1S/C11H24N4O3S/c16-19(17,15-8-10-18-11-9-15)13-2-1-5-14-6-3-12-4-7-14/h12-13H,1-11H2. The highest BCUT2D eigenvalue weighted by Gasteiger charge is 2.23. The van der Waals surface area contributed by atoms with Crippen molar-refractivity contribution < 1.29 is 13.2 Å². The molecule has 0 unspecified atom stereocenters. The van der Waals surface area contributed by atoms with Crippen LogP contribution in [0.4, 0.5) is 0 Å². The molecule has 2 fully saturated rings. The van der Waals surface area contributed by atoms with Crippen LogP contribution in [0.1, 0.15) is 6.42 Å². The van der Waals surface area contributed by atoms with Gasteiger partial charge in [-0.15, -0.1) is 0 Å². The Bertz CT molecular complexity index is 351. The van der Waals surface area contributed by atoms with Crippen LogP contribution >= 0.6 is 0 Å². The van der Waals surface area contributed by atoms with Crippen molar-refractivity contribution in [3.8, 4) is 0 Å². The minimum Gasteiger partial charge on any atom is -0.379 e. The van der Waals surface area contributed by atoms with Crippen LogP contribution in [0.2, 0.25) is 0 Å². The highest BCUT2D eigenvalue weighted by Crippen LogP contribution is 2.03. The Morgan fingerprint density at radius 2 is 1.79 bits per heavy atom. The van der Waals surface area contributed by atoms with E-state index in [1.165, 1.54) is 4.31 Å². The molecule has 0 saturated carbocycles. The lowest BCUT2D eigenvalue weighted by molar-refractivity contribution is 0.0725. The molecule has 0 bridgehead atoms. The summed E-state index contributed by atoms with van der Waals surface area (Å²) in [5.41, 5.74) is 0. The number of hydrogen-bond donors (Lipinski definition) is 2. The minimum atomic E-state index is -3.31. The molecule has 2 aliphatic heterocycles. The van der Waals surface area contributed by atoms with Gasteiger partial charge in [0.2, 0.25) is 0 Å². The zero-order valence-corrected chi connectivity index (χ0v) is 12.1. The Balaban J connectivity index is 1.63. The van der Waals surface area contributed by atoms with Gasteiger partial charge in [-0.2, -0.15) is 12.7 Å². The van der Waals surface area contributed by atoms with E-state index in [4.69, 9.17) is 4.74 Å². The lowest BCUT2D eigenvalue weighted by Gasteiger charge is -2.28. The van der Waals surface area contributed by atoms with E-state index in [1.54, 1.807) is 0 Å². The van der Waals surface area contributed by atoms with Gasteiger partial charge in [0, 0.05) is 45.8 Å². The summed E-state index contributed by atoms with van der Waals surface area (Å²) in [5, 5.41) is 3.30. The van der Waals surface area contributed by atoms with Crippen LogP contribution < -0.4 is 10.0 Å². The maximum Gasteiger partial charge on any atom is 0.279 e. The Morgan fingerprint density at radius 1 is 1.11 bits per heavy atom. The summed E-state index contributed by atoms with van der Waals surface area (Å²) in [6.45, 7) is 7.49. The summed E-state index contributed by atoms with van der Waals surface area (Å²) < 4.78 is 33.2. The van der Waals surface area contributed by atoms with Crippen LogP contribution in [-0.4, -0.2) is 83.2 Å². The van der Waals surface area contributed by atoms with Crippen LogP contribution in [0, 0.1) is 0 Å². The molecule has 19 heavy (non-hydrogen) atoms. The first-order valence-corrected chi connectivity index (χ1v) is 8.38. The van der Waals surface area contributed by atoms with Gasteiger partial charge in [-0.05, 0) is 13.0 Å². The predicted octanol–water partition coefficient (Wildman–Crippen LogP) is -1.55. The predicted molar refractivity (Wildman–Crippen MR) is 73.2 cm³/mol. The molecule has 0 spiro atoms. The summed E-state index contributed by atoms with van der Waals surface area (Å²) in [4.78, 5) is 2.36. The van der Waals surface area contributed by atoms with Crippen molar-refractivity contribution in [2.75, 3.05) is 65.6 Å². The van der Waals surface area contributed by atoms with E-state index in [2.05, 4.69) is 14.9 Å². The van der Waals surface area contributed by atoms with E-state index in [0.29, 0.717) is 32.8 Å². The molecule has 2 heterocycles. The van der Waals surface area contributed by atoms with Crippen molar-refractivity contribution in [1.82, 2.24) is 19.2 Å². The highest BCUT2D eigenvalue weighted by molar-refractivity contribution is 7.87. The molecule has 0 aromatic carbocycles. The van der Waals surface area contributed by atoms with Gasteiger partial charge >= 0.3 is 0 Å². The average Bonchev–Trinajstić information content (AvgIpc) is 2.46. The van der Waals surface area contributed by atoms with Gasteiger partial charge < -0.3 is 15.0 Å². The highest BCUT2D eigenvalue weighted by atomic mass is 32.2. The quantitative estimate of drug-likeness (QED) is 0.580. The molecule has 2 N–H and O–H groups in total. The Labute approximate surface area is 115 Å². The molecule has 0 aromatic heterocycles. The van der Waals surface area contributed by atoms with E-state index in [0.717, 1.165) is 39.1 Å². The molecule has 8 heteroatoms. The van der Waals surface area contributed by atoms with Gasteiger partial charge in [0.1, 0.15) is 0 Å². The molecule has 0 aliphatic carbocycles. The Morgan fingerprint density at radius 3 is 2.47 bits per heavy atom. The molecular weight excluding hydrogens is 268 g/mol. The number of nitrogens with zero attached hydrogens (tertiary/aromatic N) is 2. The fraction of sp³-hybridized carbons (Fsp3) is 1.00. The average molecular weight is 292 g/mol. The van der Waals surface area contributed by atoms with Crippen molar-refractivity contribution >= 4 is 10.2 Å². The third-order valence-corrected chi connectivity index (χ3v) is 5.07. The first-order valence-electron chi connectivity index (χ1n) is 6.94. The Hall–Kier alpha value is -0.250. The van der Waals surface area contributed by atoms with Gasteiger partial charge in [0.25, 0.3) is 10.2 Å². The fourth-order valence-electron chi connectivity index (χ4n) is 2.32. The minimum absolute atomic E-state index is 0.452. The molecule has 0 radical (unpaired) electrons. The smallest absolute Gasteiger partial charge is 0.279 e. The second-order valence-electron chi connectivity index (χ2n) is 4.86. The fourth-order valence-corrected chi connectivity index (χ4v) is 3.53. The lowest BCUT2D eigenvalue weighted by atomic mass is 10.3. The van der Waals surface area contributed by atoms with Crippen molar-refractivity contribution in [2.24, 2.45) is 0 Å². The zero-order valence-electron chi connectivity index (χ0n) is 11.3. The number of piperazine rings is 1. The SMILES string of the molecule is O=S(=O)(NCCCN1CCNCC1)N1CCOCC1. The second kappa shape index (κ2) is 7.51. The van der Waals surface area contributed by atoms with Gasteiger partial charge in [-0.1, -0.05) is 0 Å². The number of hydrogen-bond acceptors (Lipinski definition) is 5. The van der Waals surface area contributed by atoms with Crippen molar-refractivity contribution in [3.63, 3.8) is 0 Å². The second-order valence-corrected chi connectivity index (χ2v) is 6.61. The number of ether oxygens (including phenoxy) is 1. The summed E-state index contributed by atoms with van der Waals surface area (Å²) in [7, 11) is -3.31. The third kappa shape index (κ3) is 4.97. The van der Waals surface area contributed by atoms with Gasteiger partial charge in [-0.25, -0.2) is 4.72 Å². The van der Waals surface area contributed by atoms with Crippen LogP contribution in [-0.2, 0) is 14.9 Å². The van der Waals surface area contributed by atoms with Crippen LogP contribution in [0.5, 0.6) is 0 Å². The summed E-state index contributed by atoms with van der Waals surface area (Å²) in [6.07, 6.45) is 0.851. The molecule has 0 amide bonds. The van der Waals surface area contributed by atoms with Crippen molar-refractivity contribution in [3.05, 3.63) is 0 Å². The van der Waals surface area contributed by atoms with Crippen LogP contribution in [0.25, 0.3) is 0 Å². The molecular formula is C11H24N4O3S. The maximum absolute atomic E-state index is 12.0. The van der Waals surface area contributed by atoms with Crippen molar-refractivity contribution in [2.45, 2.75) is 6.42 Å². The summed E-state index contributed by atoms with van der Waals surface area (Å²) in [5.74, 6) is 0. The van der Waals surface area contributed by atoms with Gasteiger partial charge in [0.15, 0.2) is 0 Å². The largest absolute Gasteiger partial charge is 0.379 e. The van der Waals surface area contributed by atoms with E-state index in [9.17, 15) is 8.42 Å².